The smallest absolute Gasteiger partial charge is 0.352 e. The lowest BCUT2D eigenvalue weighted by Crippen LogP contribution is -2.70. The van der Waals surface area contributed by atoms with Crippen LogP contribution in [0.15, 0.2) is 31.0 Å². The molecule has 0 spiro atoms. The Labute approximate surface area is 199 Å². The molecular weight excluding hydrogens is 494 g/mol. The van der Waals surface area contributed by atoms with Crippen LogP contribution in [0, 0.1) is 0 Å². The van der Waals surface area contributed by atoms with E-state index in [0.717, 1.165) is 11.8 Å². The summed E-state index contributed by atoms with van der Waals surface area (Å²) in [5, 5.41) is 17.8. The molecule has 33 heavy (non-hydrogen) atoms. The fourth-order valence-corrected chi connectivity index (χ4v) is 6.16. The van der Waals surface area contributed by atoms with Gasteiger partial charge >= 0.3 is 17.1 Å². The van der Waals surface area contributed by atoms with Crippen molar-refractivity contribution in [1.82, 2.24) is 30.3 Å². The van der Waals surface area contributed by atoms with E-state index in [9.17, 15) is 29.1 Å². The number of carboxylic acid groups (broad SMARTS) is 1. The topological polar surface area (TPSA) is 179 Å². The fourth-order valence-electron chi connectivity index (χ4n) is 3.13. The summed E-state index contributed by atoms with van der Waals surface area (Å²) in [6.07, 6.45) is 0. The number of β-lactam (4-membered cyclic amide) rings is 1. The molecule has 1 aromatic rings. The first kappa shape index (κ1) is 24.9. The lowest BCUT2D eigenvalue weighted by molar-refractivity contribution is -0.150. The minimum absolute atomic E-state index is 0.0586. The van der Waals surface area contributed by atoms with Crippen LogP contribution in [0.2, 0.25) is 0 Å². The second-order valence-corrected chi connectivity index (χ2v) is 9.78. The highest BCUT2D eigenvalue weighted by molar-refractivity contribution is 8.14. The Kier molecular flexibility index (Phi) is 7.91. The molecule has 0 saturated carbocycles. The molecule has 2 amide bonds. The van der Waals surface area contributed by atoms with E-state index in [1.54, 1.807) is 14.1 Å². The predicted molar refractivity (Wildman–Crippen MR) is 125 cm³/mol. The van der Waals surface area contributed by atoms with Crippen LogP contribution >= 0.6 is 35.3 Å². The summed E-state index contributed by atoms with van der Waals surface area (Å²) in [5.74, 6) is -1.60. The van der Waals surface area contributed by atoms with Crippen LogP contribution < -0.4 is 21.8 Å². The summed E-state index contributed by atoms with van der Waals surface area (Å²) in [6, 6.07) is -0.815. The van der Waals surface area contributed by atoms with Gasteiger partial charge in [-0.15, -0.1) is 11.8 Å². The molecule has 0 aromatic carbocycles. The highest BCUT2D eigenvalue weighted by Crippen LogP contribution is 2.41. The maximum atomic E-state index is 12.7. The SMILES string of the molecule is CN=C(NC)SCC(=O)NC1C(=O)N2C(C(=O)O)=C(CSc3nc(=O)c(=O)[nH]n3C)CSC12. The van der Waals surface area contributed by atoms with Gasteiger partial charge in [-0.2, -0.15) is 4.98 Å². The maximum Gasteiger partial charge on any atom is 0.352 e. The van der Waals surface area contributed by atoms with E-state index >= 15 is 0 Å². The van der Waals surface area contributed by atoms with Crippen LogP contribution in [0.5, 0.6) is 0 Å². The Morgan fingerprint density at radius 2 is 2.09 bits per heavy atom. The molecule has 2 aliphatic rings. The summed E-state index contributed by atoms with van der Waals surface area (Å²) in [7, 11) is 4.78. The average Bonchev–Trinajstić information content (AvgIpc) is 2.78. The summed E-state index contributed by atoms with van der Waals surface area (Å²) in [5.41, 5.74) is -1.46. The van der Waals surface area contributed by atoms with Gasteiger partial charge in [0.2, 0.25) is 5.91 Å². The first-order valence-corrected chi connectivity index (χ1v) is 12.5. The van der Waals surface area contributed by atoms with Crippen LogP contribution in [0.1, 0.15) is 0 Å². The number of aromatic amines is 1. The summed E-state index contributed by atoms with van der Waals surface area (Å²) < 4.78 is 1.27. The van der Waals surface area contributed by atoms with Crippen molar-refractivity contribution in [2.45, 2.75) is 16.6 Å². The molecule has 16 heteroatoms. The van der Waals surface area contributed by atoms with Crippen LogP contribution in [0.4, 0.5) is 0 Å². The second-order valence-electron chi connectivity index (χ2n) is 6.77. The van der Waals surface area contributed by atoms with E-state index in [-0.39, 0.29) is 28.3 Å². The number of rotatable bonds is 7. The summed E-state index contributed by atoms with van der Waals surface area (Å²) >= 11 is 3.60. The average molecular weight is 516 g/mol. The third-order valence-corrected chi connectivity index (χ3v) is 8.17. The third-order valence-electron chi connectivity index (χ3n) is 4.65. The molecule has 1 fully saturated rings. The molecule has 13 nitrogen and oxygen atoms in total. The number of thioether (sulfide) groups is 3. The number of aliphatic carboxylic acids is 1. The number of aryl methyl sites for hydroxylation is 1. The first-order valence-electron chi connectivity index (χ1n) is 9.44. The van der Waals surface area contributed by atoms with Gasteiger partial charge in [-0.25, -0.2) is 4.79 Å². The number of carbonyl (C=O) groups excluding carboxylic acids is 2. The Morgan fingerprint density at radius 1 is 1.36 bits per heavy atom. The van der Waals surface area contributed by atoms with Crippen molar-refractivity contribution < 1.29 is 19.5 Å². The molecular formula is C17H21N7O6S3. The zero-order chi connectivity index (χ0) is 24.3. The van der Waals surface area contributed by atoms with E-state index in [2.05, 4.69) is 25.7 Å². The van der Waals surface area contributed by atoms with Gasteiger partial charge in [0, 0.05) is 32.6 Å². The van der Waals surface area contributed by atoms with Gasteiger partial charge in [0.15, 0.2) is 10.3 Å². The number of aromatic nitrogens is 3. The molecule has 2 unspecified atom stereocenters. The molecule has 0 radical (unpaired) electrons. The Morgan fingerprint density at radius 3 is 2.73 bits per heavy atom. The van der Waals surface area contributed by atoms with Crippen LogP contribution in [0.25, 0.3) is 0 Å². The molecule has 0 bridgehead atoms. The maximum absolute atomic E-state index is 12.7. The molecule has 1 aromatic heterocycles. The highest BCUT2D eigenvalue weighted by Gasteiger charge is 2.54. The van der Waals surface area contributed by atoms with E-state index < -0.39 is 34.4 Å². The number of amides is 2. The largest absolute Gasteiger partial charge is 0.477 e. The number of hydrogen-bond acceptors (Lipinski definition) is 10. The molecule has 2 atom stereocenters. The Hall–Kier alpha value is -2.72. The number of H-pyrrole nitrogens is 1. The number of aliphatic imine (C=N–C) groups is 1. The quantitative estimate of drug-likeness (QED) is 0.106. The van der Waals surface area contributed by atoms with Crippen molar-refractivity contribution in [3.05, 3.63) is 32.0 Å². The lowest BCUT2D eigenvalue weighted by Gasteiger charge is -2.49. The summed E-state index contributed by atoms with van der Waals surface area (Å²) in [4.78, 5) is 68.6. The molecule has 3 rings (SSSR count). The number of carbonyl (C=O) groups is 3. The van der Waals surface area contributed by atoms with Crippen LogP contribution in [0.3, 0.4) is 0 Å². The van der Waals surface area contributed by atoms with Crippen LogP contribution in [-0.4, -0.2) is 90.5 Å². The van der Waals surface area contributed by atoms with Gasteiger partial charge in [-0.3, -0.25) is 38.9 Å². The molecule has 3 heterocycles. The van der Waals surface area contributed by atoms with Crippen molar-refractivity contribution in [1.29, 1.82) is 0 Å². The van der Waals surface area contributed by atoms with E-state index in [1.165, 1.54) is 40.2 Å². The van der Waals surface area contributed by atoms with Gasteiger partial charge in [0.25, 0.3) is 5.91 Å². The van der Waals surface area contributed by atoms with E-state index in [4.69, 9.17) is 0 Å². The summed E-state index contributed by atoms with van der Waals surface area (Å²) in [6.45, 7) is 0. The van der Waals surface area contributed by atoms with Crippen molar-refractivity contribution in [3.8, 4) is 0 Å². The normalized spacial score (nSPS) is 20.3. The predicted octanol–water partition coefficient (Wildman–Crippen LogP) is -1.76. The number of fused-ring (bicyclic) bond motifs is 1. The number of amidine groups is 1. The lowest BCUT2D eigenvalue weighted by atomic mass is 10.0. The standard InChI is InChI=1S/C17H21N7O6S3/c1-18-16(19-2)32-6-8(25)20-9-13(28)24-10(15(29)30)7(4-31-14(9)24)5-33-17-21-11(26)12(27)22-23(17)3/h9,14H,4-6H2,1-3H3,(H,18,19)(H,20,25)(H,22,27)(H,29,30). The minimum Gasteiger partial charge on any atom is -0.477 e. The van der Waals surface area contributed by atoms with Gasteiger partial charge in [-0.1, -0.05) is 23.5 Å². The molecule has 2 aliphatic heterocycles. The van der Waals surface area contributed by atoms with E-state index in [1.807, 2.05) is 0 Å². The monoisotopic (exact) mass is 515 g/mol. The zero-order valence-corrected chi connectivity index (χ0v) is 20.2. The minimum atomic E-state index is -1.26. The van der Waals surface area contributed by atoms with Gasteiger partial charge in [0.05, 0.1) is 5.75 Å². The van der Waals surface area contributed by atoms with Crippen molar-refractivity contribution >= 4 is 58.2 Å². The third kappa shape index (κ3) is 5.27. The zero-order valence-electron chi connectivity index (χ0n) is 17.8. The Balaban J connectivity index is 1.70. The van der Waals surface area contributed by atoms with E-state index in [0.29, 0.717) is 16.5 Å². The molecule has 4 N–H and O–H groups in total. The highest BCUT2D eigenvalue weighted by atomic mass is 32.2. The van der Waals surface area contributed by atoms with Crippen molar-refractivity contribution in [3.63, 3.8) is 0 Å². The molecule has 0 aliphatic carbocycles. The Bertz CT molecular complexity index is 1160. The van der Waals surface area contributed by atoms with Gasteiger partial charge in [-0.05, 0) is 5.57 Å². The molecule has 178 valence electrons. The van der Waals surface area contributed by atoms with Crippen LogP contribution in [-0.2, 0) is 21.4 Å². The number of nitrogens with zero attached hydrogens (tertiary/aromatic N) is 4. The van der Waals surface area contributed by atoms with Gasteiger partial charge < -0.3 is 15.7 Å². The number of nitrogens with one attached hydrogen (secondary N) is 3. The fraction of sp³-hybridized carbons (Fsp3) is 0.471. The molecule has 1 saturated heterocycles. The van der Waals surface area contributed by atoms with Gasteiger partial charge in [0.1, 0.15) is 17.1 Å². The number of hydrogen-bond donors (Lipinski definition) is 4. The number of carboxylic acids is 1. The van der Waals surface area contributed by atoms with Crippen molar-refractivity contribution in [2.24, 2.45) is 12.0 Å². The van der Waals surface area contributed by atoms with Crippen molar-refractivity contribution in [2.75, 3.05) is 31.4 Å². The first-order chi connectivity index (χ1) is 15.7. The second kappa shape index (κ2) is 10.5.